The number of carbonyl (C=O) groups excluding carboxylic acids is 2. The number of methoxy groups -OCH3 is 1. The molecule has 0 aromatic heterocycles. The van der Waals surface area contributed by atoms with Gasteiger partial charge >= 0.3 is 17.9 Å². The first-order valence-electron chi connectivity index (χ1n) is 7.76. The van der Waals surface area contributed by atoms with Gasteiger partial charge < -0.3 is 19.3 Å². The zero-order chi connectivity index (χ0) is 17.2. The Bertz CT molecular complexity index is 436. The van der Waals surface area contributed by atoms with Crippen LogP contribution < -0.4 is 0 Å². The van der Waals surface area contributed by atoms with Crippen LogP contribution in [0.1, 0.15) is 44.9 Å². The van der Waals surface area contributed by atoms with Gasteiger partial charge in [0, 0.05) is 7.11 Å². The molecule has 7 heteroatoms. The van der Waals surface area contributed by atoms with Gasteiger partial charge in [0.1, 0.15) is 6.10 Å². The molecule has 23 heavy (non-hydrogen) atoms. The van der Waals surface area contributed by atoms with E-state index in [4.69, 9.17) is 14.6 Å². The van der Waals surface area contributed by atoms with Gasteiger partial charge in [0.25, 0.3) is 0 Å². The fourth-order valence-electron chi connectivity index (χ4n) is 2.47. The van der Waals surface area contributed by atoms with E-state index >= 15 is 0 Å². The van der Waals surface area contributed by atoms with E-state index < -0.39 is 30.6 Å². The molecule has 1 aliphatic rings. The van der Waals surface area contributed by atoms with E-state index in [-0.39, 0.29) is 11.7 Å². The highest BCUT2D eigenvalue weighted by atomic mass is 16.6. The van der Waals surface area contributed by atoms with Crippen molar-refractivity contribution in [2.75, 3.05) is 13.7 Å². The standard InChI is InChI=1S/C16H24O7/c1-11(15(19)22-10-13(17)18)14(21-2)16(20)23-12-8-6-4-3-5-7-9-12/h12,14H,1,3-10H2,2H3,(H,17,18). The Hall–Kier alpha value is -1.89. The molecule has 1 rings (SSSR count). The van der Waals surface area contributed by atoms with E-state index in [2.05, 4.69) is 11.3 Å². The van der Waals surface area contributed by atoms with Crippen molar-refractivity contribution in [3.63, 3.8) is 0 Å². The van der Waals surface area contributed by atoms with E-state index in [1.54, 1.807) is 0 Å². The van der Waals surface area contributed by atoms with Gasteiger partial charge in [-0.2, -0.15) is 0 Å². The van der Waals surface area contributed by atoms with Crippen LogP contribution in [0.15, 0.2) is 12.2 Å². The zero-order valence-electron chi connectivity index (χ0n) is 13.4. The number of carbonyl (C=O) groups is 3. The minimum Gasteiger partial charge on any atom is -0.479 e. The maximum Gasteiger partial charge on any atom is 0.341 e. The summed E-state index contributed by atoms with van der Waals surface area (Å²) in [7, 11) is 1.25. The average molecular weight is 328 g/mol. The topological polar surface area (TPSA) is 99.1 Å². The van der Waals surface area contributed by atoms with Gasteiger partial charge in [-0.3, -0.25) is 0 Å². The average Bonchev–Trinajstić information content (AvgIpc) is 2.47. The van der Waals surface area contributed by atoms with Crippen molar-refractivity contribution in [1.29, 1.82) is 0 Å². The third-order valence-electron chi connectivity index (χ3n) is 3.69. The highest BCUT2D eigenvalue weighted by molar-refractivity contribution is 5.97. The number of rotatable bonds is 7. The largest absolute Gasteiger partial charge is 0.479 e. The Labute approximate surface area is 135 Å². The van der Waals surface area contributed by atoms with Crippen LogP contribution in [0, 0.1) is 0 Å². The molecular weight excluding hydrogens is 304 g/mol. The fourth-order valence-corrected chi connectivity index (χ4v) is 2.47. The van der Waals surface area contributed by atoms with Crippen molar-refractivity contribution in [1.82, 2.24) is 0 Å². The summed E-state index contributed by atoms with van der Waals surface area (Å²) in [5.74, 6) is -2.98. The highest BCUT2D eigenvalue weighted by Crippen LogP contribution is 2.21. The molecule has 0 spiro atoms. The molecule has 7 nitrogen and oxygen atoms in total. The van der Waals surface area contributed by atoms with E-state index in [9.17, 15) is 14.4 Å². The number of esters is 2. The second kappa shape index (κ2) is 9.99. The number of aliphatic carboxylic acids is 1. The molecule has 0 amide bonds. The van der Waals surface area contributed by atoms with E-state index in [1.165, 1.54) is 13.5 Å². The summed E-state index contributed by atoms with van der Waals surface area (Å²) < 4.78 is 14.9. The summed E-state index contributed by atoms with van der Waals surface area (Å²) in [6.07, 6.45) is 5.54. The Balaban J connectivity index is 2.56. The predicted molar refractivity (Wildman–Crippen MR) is 80.7 cm³/mol. The first-order chi connectivity index (χ1) is 11.0. The van der Waals surface area contributed by atoms with Gasteiger partial charge in [0.2, 0.25) is 0 Å². The molecule has 0 bridgehead atoms. The van der Waals surface area contributed by atoms with Crippen LogP contribution in [0.5, 0.6) is 0 Å². The van der Waals surface area contributed by atoms with Crippen molar-refractivity contribution in [3.05, 3.63) is 12.2 Å². The van der Waals surface area contributed by atoms with Crippen molar-refractivity contribution in [2.45, 2.75) is 57.2 Å². The molecule has 0 heterocycles. The van der Waals surface area contributed by atoms with Crippen LogP contribution in [-0.2, 0) is 28.6 Å². The molecule has 1 fully saturated rings. The maximum absolute atomic E-state index is 12.2. The number of carboxylic acids is 1. The number of carboxylic acid groups (broad SMARTS) is 1. The number of ether oxygens (including phenoxy) is 3. The third-order valence-corrected chi connectivity index (χ3v) is 3.69. The fraction of sp³-hybridized carbons (Fsp3) is 0.688. The van der Waals surface area contributed by atoms with Gasteiger partial charge in [-0.15, -0.1) is 0 Å². The Morgan fingerprint density at radius 3 is 2.22 bits per heavy atom. The number of hydrogen-bond acceptors (Lipinski definition) is 6. The monoisotopic (exact) mass is 328 g/mol. The molecule has 0 aliphatic heterocycles. The second-order valence-corrected chi connectivity index (χ2v) is 5.51. The molecule has 1 unspecified atom stereocenters. The number of hydrogen-bond donors (Lipinski definition) is 1. The van der Waals surface area contributed by atoms with Crippen LogP contribution >= 0.6 is 0 Å². The quantitative estimate of drug-likeness (QED) is 0.562. The molecule has 0 saturated heterocycles. The van der Waals surface area contributed by atoms with Crippen molar-refractivity contribution in [2.24, 2.45) is 0 Å². The Morgan fingerprint density at radius 1 is 1.13 bits per heavy atom. The smallest absolute Gasteiger partial charge is 0.341 e. The molecule has 0 aromatic rings. The second-order valence-electron chi connectivity index (χ2n) is 5.51. The molecule has 1 N–H and O–H groups in total. The molecule has 0 radical (unpaired) electrons. The van der Waals surface area contributed by atoms with Gasteiger partial charge in [0.15, 0.2) is 12.7 Å². The van der Waals surface area contributed by atoms with E-state index in [0.29, 0.717) is 0 Å². The SMILES string of the molecule is C=C(C(=O)OCC(=O)O)C(OC)C(=O)OC1CCCCCCC1. The van der Waals surface area contributed by atoms with Crippen LogP contribution in [0.4, 0.5) is 0 Å². The summed E-state index contributed by atoms with van der Waals surface area (Å²) in [6.45, 7) is 2.66. The summed E-state index contributed by atoms with van der Waals surface area (Å²) in [5.41, 5.74) is -0.274. The zero-order valence-corrected chi connectivity index (χ0v) is 13.4. The molecule has 0 aromatic carbocycles. The van der Waals surface area contributed by atoms with Crippen molar-refractivity contribution < 1.29 is 33.7 Å². The lowest BCUT2D eigenvalue weighted by Crippen LogP contribution is -2.34. The molecule has 1 saturated carbocycles. The van der Waals surface area contributed by atoms with E-state index in [1.807, 2.05) is 0 Å². The van der Waals surface area contributed by atoms with Crippen molar-refractivity contribution >= 4 is 17.9 Å². The van der Waals surface area contributed by atoms with Crippen LogP contribution in [0.25, 0.3) is 0 Å². The lowest BCUT2D eigenvalue weighted by Gasteiger charge is -2.23. The van der Waals surface area contributed by atoms with Crippen molar-refractivity contribution in [3.8, 4) is 0 Å². The first-order valence-corrected chi connectivity index (χ1v) is 7.76. The Kier molecular flexibility index (Phi) is 8.32. The summed E-state index contributed by atoms with van der Waals surface area (Å²) in [5, 5.41) is 8.49. The van der Waals surface area contributed by atoms with Crippen LogP contribution in [0.3, 0.4) is 0 Å². The van der Waals surface area contributed by atoms with E-state index in [0.717, 1.165) is 38.5 Å². The first kappa shape index (κ1) is 19.2. The maximum atomic E-state index is 12.2. The van der Waals surface area contributed by atoms with Gasteiger partial charge in [-0.25, -0.2) is 14.4 Å². The summed E-state index contributed by atoms with van der Waals surface area (Å²) in [4.78, 5) is 34.3. The molecule has 1 atom stereocenters. The normalized spacial score (nSPS) is 17.4. The minimum atomic E-state index is -1.29. The highest BCUT2D eigenvalue weighted by Gasteiger charge is 2.30. The van der Waals surface area contributed by atoms with Gasteiger partial charge in [-0.05, 0) is 25.7 Å². The predicted octanol–water partition coefficient (Wildman–Crippen LogP) is 1.84. The Morgan fingerprint density at radius 2 is 1.70 bits per heavy atom. The van der Waals surface area contributed by atoms with Gasteiger partial charge in [0.05, 0.1) is 5.57 Å². The van der Waals surface area contributed by atoms with Crippen LogP contribution in [-0.4, -0.2) is 48.9 Å². The lowest BCUT2D eigenvalue weighted by atomic mass is 9.98. The summed E-state index contributed by atoms with van der Waals surface area (Å²) in [6, 6.07) is 0. The molecule has 130 valence electrons. The van der Waals surface area contributed by atoms with Gasteiger partial charge in [-0.1, -0.05) is 25.8 Å². The summed E-state index contributed by atoms with van der Waals surface area (Å²) >= 11 is 0. The lowest BCUT2D eigenvalue weighted by molar-refractivity contribution is -0.162. The minimum absolute atomic E-state index is 0.191. The molecule has 1 aliphatic carbocycles. The van der Waals surface area contributed by atoms with Crippen LogP contribution in [0.2, 0.25) is 0 Å². The third kappa shape index (κ3) is 6.81. The molecular formula is C16H24O7.